The molecule has 1 saturated heterocycles. The van der Waals surface area contributed by atoms with Crippen LogP contribution in [-0.4, -0.2) is 33.7 Å². The Balaban J connectivity index is 2.30. The fourth-order valence-electron chi connectivity index (χ4n) is 2.36. The van der Waals surface area contributed by atoms with Crippen LogP contribution < -0.4 is 0 Å². The van der Waals surface area contributed by atoms with Crippen molar-refractivity contribution in [2.45, 2.75) is 38.9 Å². The van der Waals surface area contributed by atoms with Gasteiger partial charge in [0.2, 0.25) is 5.91 Å². The molecule has 1 aliphatic rings. The molecule has 1 aromatic rings. The highest BCUT2D eigenvalue weighted by Gasteiger charge is 2.39. The van der Waals surface area contributed by atoms with Crippen molar-refractivity contribution in [1.82, 2.24) is 14.7 Å². The number of hydrogen-bond acceptors (Lipinski definition) is 2. The van der Waals surface area contributed by atoms with Gasteiger partial charge in [0.15, 0.2) is 5.69 Å². The maximum atomic E-state index is 12.8. The summed E-state index contributed by atoms with van der Waals surface area (Å²) in [6, 6.07) is -0.790. The first-order valence-electron chi connectivity index (χ1n) is 6.34. The van der Waals surface area contributed by atoms with Crippen LogP contribution >= 0.6 is 11.6 Å². The number of rotatable bonds is 2. The summed E-state index contributed by atoms with van der Waals surface area (Å²) in [7, 11) is 0. The van der Waals surface area contributed by atoms with E-state index in [4.69, 9.17) is 11.6 Å². The zero-order valence-corrected chi connectivity index (χ0v) is 11.9. The topological polar surface area (TPSA) is 38.1 Å². The van der Waals surface area contributed by atoms with E-state index in [-0.39, 0.29) is 11.6 Å². The molecule has 0 aromatic carbocycles. The van der Waals surface area contributed by atoms with Gasteiger partial charge in [-0.1, -0.05) is 11.6 Å². The fourth-order valence-corrected chi connectivity index (χ4v) is 2.59. The molecule has 0 aliphatic carbocycles. The molecule has 1 amide bonds. The van der Waals surface area contributed by atoms with E-state index in [1.165, 1.54) is 13.8 Å². The molecule has 0 unspecified atom stereocenters. The number of aromatic nitrogens is 2. The predicted molar refractivity (Wildman–Crippen MR) is 67.5 cm³/mol. The van der Waals surface area contributed by atoms with E-state index in [0.29, 0.717) is 13.1 Å². The molecule has 1 aliphatic heterocycles. The lowest BCUT2D eigenvalue weighted by atomic mass is 10.3. The lowest BCUT2D eigenvalue weighted by molar-refractivity contribution is -0.142. The number of alkyl halides is 3. The molecule has 0 radical (unpaired) electrons. The van der Waals surface area contributed by atoms with Crippen LogP contribution in [0.25, 0.3) is 0 Å². The van der Waals surface area contributed by atoms with Crippen molar-refractivity contribution < 1.29 is 18.0 Å². The van der Waals surface area contributed by atoms with Crippen molar-refractivity contribution in [2.75, 3.05) is 13.1 Å². The van der Waals surface area contributed by atoms with Crippen LogP contribution in [0.2, 0.25) is 5.02 Å². The summed E-state index contributed by atoms with van der Waals surface area (Å²) < 4.78 is 39.3. The minimum Gasteiger partial charge on any atom is -0.341 e. The van der Waals surface area contributed by atoms with Crippen molar-refractivity contribution in [3.8, 4) is 0 Å². The highest BCUT2D eigenvalue weighted by Crippen LogP contribution is 2.36. The zero-order chi connectivity index (χ0) is 15.1. The number of carbonyl (C=O) groups excluding carboxylic acids is 1. The van der Waals surface area contributed by atoms with Crippen LogP contribution in [0.15, 0.2) is 0 Å². The minimum atomic E-state index is -4.62. The second-order valence-corrected chi connectivity index (χ2v) is 5.28. The second-order valence-electron chi connectivity index (χ2n) is 4.90. The van der Waals surface area contributed by atoms with E-state index in [0.717, 1.165) is 17.5 Å². The third-order valence-corrected chi connectivity index (χ3v) is 3.94. The van der Waals surface area contributed by atoms with Crippen molar-refractivity contribution in [1.29, 1.82) is 0 Å². The molecule has 2 rings (SSSR count). The van der Waals surface area contributed by atoms with E-state index in [2.05, 4.69) is 5.10 Å². The van der Waals surface area contributed by atoms with Gasteiger partial charge in [-0.3, -0.25) is 9.48 Å². The average Bonchev–Trinajstić information content (AvgIpc) is 2.97. The summed E-state index contributed by atoms with van der Waals surface area (Å²) in [6.07, 6.45) is -2.78. The van der Waals surface area contributed by atoms with E-state index < -0.39 is 22.9 Å². The molecule has 1 atom stereocenters. The SMILES string of the molecule is Cc1c(Cl)c(C(F)(F)F)nn1[C@@H](C)C(=O)N1CCCC1. The molecule has 0 N–H and O–H groups in total. The van der Waals surface area contributed by atoms with E-state index in [1.807, 2.05) is 0 Å². The van der Waals surface area contributed by atoms with Gasteiger partial charge in [0, 0.05) is 13.1 Å². The molecule has 20 heavy (non-hydrogen) atoms. The fraction of sp³-hybridized carbons (Fsp3) is 0.667. The van der Waals surface area contributed by atoms with Gasteiger partial charge in [-0.25, -0.2) is 0 Å². The highest BCUT2D eigenvalue weighted by atomic mass is 35.5. The largest absolute Gasteiger partial charge is 0.436 e. The number of amides is 1. The first-order valence-corrected chi connectivity index (χ1v) is 6.72. The monoisotopic (exact) mass is 309 g/mol. The Kier molecular flexibility index (Phi) is 4.00. The third kappa shape index (κ3) is 2.63. The Morgan fingerprint density at radius 2 is 1.90 bits per heavy atom. The van der Waals surface area contributed by atoms with E-state index in [1.54, 1.807) is 4.90 Å². The van der Waals surface area contributed by atoms with Crippen molar-refractivity contribution in [2.24, 2.45) is 0 Å². The molecule has 2 heterocycles. The molecule has 0 saturated carbocycles. The molecule has 0 spiro atoms. The van der Waals surface area contributed by atoms with Gasteiger partial charge < -0.3 is 4.90 Å². The first-order chi connectivity index (χ1) is 9.23. The van der Waals surface area contributed by atoms with Gasteiger partial charge in [0.1, 0.15) is 6.04 Å². The van der Waals surface area contributed by atoms with Gasteiger partial charge in [-0.15, -0.1) is 0 Å². The van der Waals surface area contributed by atoms with Gasteiger partial charge in [0.05, 0.1) is 10.7 Å². The van der Waals surface area contributed by atoms with Crippen LogP contribution in [0.1, 0.15) is 37.2 Å². The summed E-state index contributed by atoms with van der Waals surface area (Å²) in [5.41, 5.74) is -0.989. The number of halogens is 4. The van der Waals surface area contributed by atoms with Gasteiger partial charge in [-0.2, -0.15) is 18.3 Å². The Hall–Kier alpha value is -1.24. The van der Waals surface area contributed by atoms with Crippen LogP contribution in [-0.2, 0) is 11.0 Å². The second kappa shape index (κ2) is 5.27. The highest BCUT2D eigenvalue weighted by molar-refractivity contribution is 6.32. The lowest BCUT2D eigenvalue weighted by Crippen LogP contribution is -2.34. The van der Waals surface area contributed by atoms with E-state index in [9.17, 15) is 18.0 Å². The summed E-state index contributed by atoms with van der Waals surface area (Å²) in [4.78, 5) is 13.9. The normalized spacial score (nSPS) is 17.6. The van der Waals surface area contributed by atoms with Crippen molar-refractivity contribution in [3.63, 3.8) is 0 Å². The van der Waals surface area contributed by atoms with Gasteiger partial charge in [0.25, 0.3) is 0 Å². The average molecular weight is 310 g/mol. The smallest absolute Gasteiger partial charge is 0.341 e. The molecule has 112 valence electrons. The van der Waals surface area contributed by atoms with Crippen LogP contribution in [0.5, 0.6) is 0 Å². The van der Waals surface area contributed by atoms with E-state index >= 15 is 0 Å². The summed E-state index contributed by atoms with van der Waals surface area (Å²) in [5.74, 6) is -0.224. The minimum absolute atomic E-state index is 0.152. The maximum Gasteiger partial charge on any atom is 0.436 e. The Morgan fingerprint density at radius 1 is 1.35 bits per heavy atom. The van der Waals surface area contributed by atoms with Crippen LogP contribution in [0.3, 0.4) is 0 Å². The quantitative estimate of drug-likeness (QED) is 0.842. The molecular weight excluding hydrogens is 295 g/mol. The molecular formula is C12H15ClF3N3O. The number of hydrogen-bond donors (Lipinski definition) is 0. The zero-order valence-electron chi connectivity index (χ0n) is 11.2. The standard InChI is InChI=1S/C12H15ClF3N3O/c1-7-9(13)10(12(14,15)16)17-19(7)8(2)11(20)18-5-3-4-6-18/h8H,3-6H2,1-2H3/t8-/m0/s1. The number of carbonyl (C=O) groups is 1. The Bertz CT molecular complexity index is 521. The predicted octanol–water partition coefficient (Wildman–Crippen LogP) is 3.05. The first kappa shape index (κ1) is 15.2. The Morgan fingerprint density at radius 3 is 2.35 bits per heavy atom. The molecule has 1 fully saturated rings. The summed E-state index contributed by atoms with van der Waals surface area (Å²) in [5, 5.41) is 3.04. The van der Waals surface area contributed by atoms with Gasteiger partial charge >= 0.3 is 6.18 Å². The summed E-state index contributed by atoms with van der Waals surface area (Å²) in [6.45, 7) is 4.25. The third-order valence-electron chi connectivity index (χ3n) is 3.49. The molecule has 8 heteroatoms. The van der Waals surface area contributed by atoms with Crippen LogP contribution in [0, 0.1) is 6.92 Å². The lowest BCUT2D eigenvalue weighted by Gasteiger charge is -2.21. The van der Waals surface area contributed by atoms with Crippen molar-refractivity contribution >= 4 is 17.5 Å². The summed E-state index contributed by atoms with van der Waals surface area (Å²) >= 11 is 5.68. The van der Waals surface area contributed by atoms with Gasteiger partial charge in [-0.05, 0) is 26.7 Å². The maximum absolute atomic E-state index is 12.8. The molecule has 0 bridgehead atoms. The van der Waals surface area contributed by atoms with Crippen molar-refractivity contribution in [3.05, 3.63) is 16.4 Å². The number of nitrogens with zero attached hydrogens (tertiary/aromatic N) is 3. The molecule has 1 aromatic heterocycles. The number of likely N-dealkylation sites (tertiary alicyclic amines) is 1. The Labute approximate surface area is 119 Å². The van der Waals surface area contributed by atoms with Crippen LogP contribution in [0.4, 0.5) is 13.2 Å². The molecule has 4 nitrogen and oxygen atoms in total.